The van der Waals surface area contributed by atoms with Crippen LogP contribution in [-0.4, -0.2) is 27.5 Å². The molecule has 0 aromatic carbocycles. The summed E-state index contributed by atoms with van der Waals surface area (Å²) in [5.74, 6) is -0.819. The molecule has 0 saturated heterocycles. The molecule has 1 aromatic rings. The van der Waals surface area contributed by atoms with Gasteiger partial charge in [0.1, 0.15) is 0 Å². The van der Waals surface area contributed by atoms with Crippen molar-refractivity contribution in [2.45, 2.75) is 0 Å². The highest BCUT2D eigenvalue weighted by Gasteiger charge is 2.10. The summed E-state index contributed by atoms with van der Waals surface area (Å²) in [6.07, 6.45) is 0. The zero-order valence-corrected chi connectivity index (χ0v) is 7.37. The third kappa shape index (κ3) is 2.89. The molecule has 0 spiro atoms. The molecule has 0 aliphatic rings. The van der Waals surface area contributed by atoms with Gasteiger partial charge < -0.3 is 4.52 Å². The van der Waals surface area contributed by atoms with E-state index in [1.165, 1.54) is 0 Å². The predicted octanol–water partition coefficient (Wildman–Crippen LogP) is -0.688. The van der Waals surface area contributed by atoms with Gasteiger partial charge in [-0.05, 0) is 0 Å². The number of aromatic nitrogens is 2. The Bertz CT molecular complexity index is 439. The molecule has 0 amide bonds. The summed E-state index contributed by atoms with van der Waals surface area (Å²) in [6.45, 7) is 0. The summed E-state index contributed by atoms with van der Waals surface area (Å²) in [5.41, 5.74) is 0. The number of nitrogens with zero attached hydrogens (tertiary/aromatic N) is 3. The Balaban J connectivity index is 3.03. The lowest BCUT2D eigenvalue weighted by Crippen LogP contribution is -2.02. The SMILES string of the molecule is O=S(O)Nc1nnoc1N=S(=O)=O. The standard InChI is InChI=1S/C2H2N4O5S2/c7-12(8)4-1-2(5-13(9)10)11-6-3-1/h4H,(H,7,8). The second-order valence-corrected chi connectivity index (χ2v) is 2.91. The van der Waals surface area contributed by atoms with Gasteiger partial charge in [-0.25, -0.2) is 4.21 Å². The Kier molecular flexibility index (Phi) is 3.05. The van der Waals surface area contributed by atoms with E-state index in [1.807, 2.05) is 4.72 Å². The van der Waals surface area contributed by atoms with Gasteiger partial charge in [0.2, 0.25) is 5.82 Å². The number of hydrogen-bond donors (Lipinski definition) is 2. The van der Waals surface area contributed by atoms with Gasteiger partial charge in [0.15, 0.2) is 0 Å². The smallest absolute Gasteiger partial charge is 0.313 e. The minimum atomic E-state index is -2.74. The van der Waals surface area contributed by atoms with E-state index in [2.05, 4.69) is 19.3 Å². The van der Waals surface area contributed by atoms with Crippen molar-refractivity contribution in [3.8, 4) is 0 Å². The monoisotopic (exact) mass is 226 g/mol. The Labute approximate surface area is 75.2 Å². The number of rotatable bonds is 3. The predicted molar refractivity (Wildman–Crippen MR) is 39.7 cm³/mol. The summed E-state index contributed by atoms with van der Waals surface area (Å²) in [5, 5.41) is 6.09. The molecule has 2 N–H and O–H groups in total. The van der Waals surface area contributed by atoms with Gasteiger partial charge in [-0.2, -0.15) is 8.42 Å². The van der Waals surface area contributed by atoms with E-state index in [9.17, 15) is 12.6 Å². The maximum Gasteiger partial charge on any atom is 0.319 e. The third-order valence-electron chi connectivity index (χ3n) is 0.812. The van der Waals surface area contributed by atoms with Gasteiger partial charge in [0.25, 0.3) is 11.3 Å². The van der Waals surface area contributed by atoms with Gasteiger partial charge in [0, 0.05) is 5.27 Å². The number of anilines is 1. The van der Waals surface area contributed by atoms with E-state index < -0.39 is 27.7 Å². The maximum atomic E-state index is 10.2. The summed E-state index contributed by atoms with van der Waals surface area (Å²) < 4.78 is 47.6. The van der Waals surface area contributed by atoms with Gasteiger partial charge in [-0.3, -0.25) is 9.27 Å². The fourth-order valence-electron chi connectivity index (χ4n) is 0.460. The average Bonchev–Trinajstić information content (AvgIpc) is 2.34. The van der Waals surface area contributed by atoms with Crippen LogP contribution in [0.1, 0.15) is 0 Å². The Morgan fingerprint density at radius 3 is 2.69 bits per heavy atom. The minimum absolute atomic E-state index is 0.329. The van der Waals surface area contributed by atoms with Gasteiger partial charge in [-0.15, -0.1) is 0 Å². The molecule has 0 radical (unpaired) electrons. The topological polar surface area (TPSA) is 135 Å². The average molecular weight is 226 g/mol. The molecule has 11 heteroatoms. The van der Waals surface area contributed by atoms with Gasteiger partial charge in [-0.1, -0.05) is 9.46 Å². The molecule has 0 saturated carbocycles. The fourth-order valence-corrected chi connectivity index (χ4v) is 1.01. The summed E-state index contributed by atoms with van der Waals surface area (Å²) >= 11 is -2.39. The molecule has 9 nitrogen and oxygen atoms in total. The molecule has 0 fully saturated rings. The normalized spacial score (nSPS) is 12.1. The van der Waals surface area contributed by atoms with Crippen molar-refractivity contribution in [1.82, 2.24) is 10.4 Å². The Morgan fingerprint density at radius 1 is 1.46 bits per heavy atom. The van der Waals surface area contributed by atoms with Crippen LogP contribution in [0.25, 0.3) is 0 Å². The third-order valence-corrected chi connectivity index (χ3v) is 1.49. The quantitative estimate of drug-likeness (QED) is 0.651. The van der Waals surface area contributed by atoms with Crippen LogP contribution < -0.4 is 4.72 Å². The lowest BCUT2D eigenvalue weighted by Gasteiger charge is -1.90. The maximum absolute atomic E-state index is 10.2. The van der Waals surface area contributed by atoms with Crippen LogP contribution in [0.4, 0.5) is 11.7 Å². The van der Waals surface area contributed by atoms with E-state index in [0.29, 0.717) is 0 Å². The number of nitrogens with one attached hydrogen (secondary N) is 1. The van der Waals surface area contributed by atoms with Crippen molar-refractivity contribution in [3.05, 3.63) is 0 Å². The van der Waals surface area contributed by atoms with E-state index in [1.54, 1.807) is 0 Å². The van der Waals surface area contributed by atoms with Crippen molar-refractivity contribution < 1.29 is 21.7 Å². The lowest BCUT2D eigenvalue weighted by atomic mass is 10.7. The minimum Gasteiger partial charge on any atom is -0.313 e. The van der Waals surface area contributed by atoms with E-state index in [4.69, 9.17) is 4.55 Å². The Hall–Kier alpha value is -1.33. The lowest BCUT2D eigenvalue weighted by molar-refractivity contribution is 0.402. The molecule has 0 aliphatic carbocycles. The van der Waals surface area contributed by atoms with Crippen molar-refractivity contribution in [1.29, 1.82) is 0 Å². The molecule has 0 aliphatic heterocycles. The first-order valence-corrected chi connectivity index (χ1v) is 4.74. The highest BCUT2D eigenvalue weighted by atomic mass is 32.2. The zero-order chi connectivity index (χ0) is 9.84. The van der Waals surface area contributed by atoms with Crippen LogP contribution in [-0.2, 0) is 21.8 Å². The number of hydrogen-bond acceptors (Lipinski definition) is 7. The molecular weight excluding hydrogens is 224 g/mol. The Morgan fingerprint density at radius 2 is 2.15 bits per heavy atom. The van der Waals surface area contributed by atoms with Crippen molar-refractivity contribution >= 4 is 33.5 Å². The molecule has 72 valence electrons. The second-order valence-electron chi connectivity index (χ2n) is 1.59. The van der Waals surface area contributed by atoms with E-state index in [0.717, 1.165) is 0 Å². The molecule has 1 aromatic heterocycles. The first-order valence-electron chi connectivity index (χ1n) is 2.60. The molecule has 1 rings (SSSR count). The molecule has 0 bridgehead atoms. The summed E-state index contributed by atoms with van der Waals surface area (Å²) in [4.78, 5) is 0. The summed E-state index contributed by atoms with van der Waals surface area (Å²) in [7, 11) is -2.74. The zero-order valence-electron chi connectivity index (χ0n) is 5.74. The van der Waals surface area contributed by atoms with E-state index in [-0.39, 0.29) is 5.82 Å². The van der Waals surface area contributed by atoms with Crippen LogP contribution in [0.15, 0.2) is 8.89 Å². The van der Waals surface area contributed by atoms with Gasteiger partial charge in [0.05, 0.1) is 0 Å². The van der Waals surface area contributed by atoms with Crippen molar-refractivity contribution in [2.75, 3.05) is 4.72 Å². The largest absolute Gasteiger partial charge is 0.319 e. The molecular formula is C2H2N4O5S2. The van der Waals surface area contributed by atoms with Crippen LogP contribution in [0, 0.1) is 0 Å². The van der Waals surface area contributed by atoms with E-state index >= 15 is 0 Å². The second kappa shape index (κ2) is 4.06. The van der Waals surface area contributed by atoms with Crippen LogP contribution >= 0.6 is 0 Å². The fraction of sp³-hybridized carbons (Fsp3) is 0. The molecule has 1 unspecified atom stereocenters. The van der Waals surface area contributed by atoms with Crippen LogP contribution in [0.2, 0.25) is 0 Å². The first kappa shape index (κ1) is 9.76. The van der Waals surface area contributed by atoms with Crippen molar-refractivity contribution in [2.24, 2.45) is 4.36 Å². The van der Waals surface area contributed by atoms with Crippen LogP contribution in [0.5, 0.6) is 0 Å². The highest BCUT2D eigenvalue weighted by Crippen LogP contribution is 2.20. The van der Waals surface area contributed by atoms with Crippen LogP contribution in [0.3, 0.4) is 0 Å². The first-order chi connectivity index (χ1) is 6.09. The highest BCUT2D eigenvalue weighted by molar-refractivity contribution is 7.80. The van der Waals surface area contributed by atoms with Crippen molar-refractivity contribution in [3.63, 3.8) is 0 Å². The molecule has 1 heterocycles. The van der Waals surface area contributed by atoms with Gasteiger partial charge >= 0.3 is 16.4 Å². The molecule has 13 heavy (non-hydrogen) atoms. The summed E-state index contributed by atoms with van der Waals surface area (Å²) in [6, 6.07) is 0. The molecule has 1 atom stereocenters.